The Bertz CT molecular complexity index is 571. The van der Waals surface area contributed by atoms with E-state index < -0.39 is 11.4 Å². The lowest BCUT2D eigenvalue weighted by Gasteiger charge is -2.19. The number of carboxylic acid groups (broad SMARTS) is 1. The largest absolute Gasteiger partial charge is 0.481 e. The normalized spacial score (nSPS) is 22.0. The topological polar surface area (TPSA) is 69.6 Å². The van der Waals surface area contributed by atoms with Crippen LogP contribution in [0.25, 0.3) is 0 Å². The van der Waals surface area contributed by atoms with Gasteiger partial charge < -0.3 is 10.4 Å². The van der Waals surface area contributed by atoms with E-state index in [-0.39, 0.29) is 12.5 Å². The Morgan fingerprint density at radius 3 is 2.73 bits per heavy atom. The molecule has 1 heterocycles. The summed E-state index contributed by atoms with van der Waals surface area (Å²) in [7, 11) is 0. The van der Waals surface area contributed by atoms with E-state index >= 15 is 0 Å². The van der Waals surface area contributed by atoms with E-state index in [2.05, 4.69) is 19.2 Å². The highest BCUT2D eigenvalue weighted by atomic mass is 16.4. The summed E-state index contributed by atoms with van der Waals surface area (Å²) >= 11 is 0. The molecule has 0 saturated carbocycles. The fraction of sp³-hybridized carbons (Fsp3) is 0.529. The SMILES string of the molecule is CC(C)c1cccc(NC(=O)CN2CCC(C)(C(=O)O)C2)c1. The van der Waals surface area contributed by atoms with E-state index in [0.29, 0.717) is 25.4 Å². The van der Waals surface area contributed by atoms with Crippen molar-refractivity contribution in [3.8, 4) is 0 Å². The molecule has 22 heavy (non-hydrogen) atoms. The van der Waals surface area contributed by atoms with Crippen molar-refractivity contribution in [2.24, 2.45) is 5.41 Å². The molecule has 2 rings (SSSR count). The molecule has 120 valence electrons. The fourth-order valence-electron chi connectivity index (χ4n) is 2.75. The maximum atomic E-state index is 12.1. The molecule has 0 bridgehead atoms. The number of carbonyl (C=O) groups is 2. The van der Waals surface area contributed by atoms with Crippen molar-refractivity contribution >= 4 is 17.6 Å². The third kappa shape index (κ3) is 3.85. The van der Waals surface area contributed by atoms with Crippen LogP contribution in [0.4, 0.5) is 5.69 Å². The highest BCUT2D eigenvalue weighted by Gasteiger charge is 2.40. The van der Waals surface area contributed by atoms with Gasteiger partial charge in [-0.25, -0.2) is 0 Å². The van der Waals surface area contributed by atoms with Crippen LogP contribution in [-0.4, -0.2) is 41.5 Å². The summed E-state index contributed by atoms with van der Waals surface area (Å²) in [5, 5.41) is 12.1. The summed E-state index contributed by atoms with van der Waals surface area (Å²) in [6.07, 6.45) is 0.582. The molecule has 1 amide bonds. The summed E-state index contributed by atoms with van der Waals surface area (Å²) in [5.74, 6) is -0.484. The number of likely N-dealkylation sites (tertiary alicyclic amines) is 1. The van der Waals surface area contributed by atoms with Gasteiger partial charge in [-0.15, -0.1) is 0 Å². The average Bonchev–Trinajstić information content (AvgIpc) is 2.81. The molecule has 1 unspecified atom stereocenters. The predicted octanol–water partition coefficient (Wildman–Crippen LogP) is 2.55. The molecule has 0 aliphatic carbocycles. The molecule has 5 nitrogen and oxygen atoms in total. The number of anilines is 1. The monoisotopic (exact) mass is 304 g/mol. The second-order valence-electron chi connectivity index (χ2n) is 6.65. The Morgan fingerprint density at radius 2 is 2.14 bits per heavy atom. The van der Waals surface area contributed by atoms with Crippen molar-refractivity contribution in [1.29, 1.82) is 0 Å². The Morgan fingerprint density at radius 1 is 1.41 bits per heavy atom. The maximum absolute atomic E-state index is 12.1. The van der Waals surface area contributed by atoms with Gasteiger partial charge in [-0.2, -0.15) is 0 Å². The molecule has 1 atom stereocenters. The lowest BCUT2D eigenvalue weighted by molar-refractivity contribution is -0.147. The van der Waals surface area contributed by atoms with Crippen molar-refractivity contribution in [3.05, 3.63) is 29.8 Å². The highest BCUT2D eigenvalue weighted by molar-refractivity contribution is 5.92. The number of nitrogens with zero attached hydrogens (tertiary/aromatic N) is 1. The van der Waals surface area contributed by atoms with Gasteiger partial charge in [0.05, 0.1) is 12.0 Å². The van der Waals surface area contributed by atoms with Gasteiger partial charge in [0, 0.05) is 12.2 Å². The van der Waals surface area contributed by atoms with Crippen LogP contribution in [-0.2, 0) is 9.59 Å². The van der Waals surface area contributed by atoms with Crippen LogP contribution in [0.1, 0.15) is 38.7 Å². The number of hydrogen-bond donors (Lipinski definition) is 2. The second kappa shape index (κ2) is 6.48. The van der Waals surface area contributed by atoms with E-state index in [0.717, 1.165) is 5.69 Å². The molecule has 1 aliphatic rings. The van der Waals surface area contributed by atoms with Crippen LogP contribution >= 0.6 is 0 Å². The van der Waals surface area contributed by atoms with Gasteiger partial charge in [0.25, 0.3) is 0 Å². The zero-order valence-electron chi connectivity index (χ0n) is 13.4. The van der Waals surface area contributed by atoms with Gasteiger partial charge >= 0.3 is 5.97 Å². The first kappa shape index (κ1) is 16.5. The smallest absolute Gasteiger partial charge is 0.310 e. The molecule has 0 aromatic heterocycles. The number of aliphatic carboxylic acids is 1. The van der Waals surface area contributed by atoms with Crippen LogP contribution in [0.15, 0.2) is 24.3 Å². The number of carboxylic acids is 1. The third-order valence-corrected chi connectivity index (χ3v) is 4.27. The van der Waals surface area contributed by atoms with Crippen molar-refractivity contribution < 1.29 is 14.7 Å². The molecule has 2 N–H and O–H groups in total. The predicted molar refractivity (Wildman–Crippen MR) is 86.0 cm³/mol. The minimum atomic E-state index is -0.792. The Kier molecular flexibility index (Phi) is 4.86. The van der Waals surface area contributed by atoms with Crippen LogP contribution in [0.5, 0.6) is 0 Å². The Hall–Kier alpha value is -1.88. The molecule has 0 radical (unpaired) electrons. The van der Waals surface area contributed by atoms with Crippen LogP contribution < -0.4 is 5.32 Å². The standard InChI is InChI=1S/C17H24N2O3/c1-12(2)13-5-4-6-14(9-13)18-15(20)10-19-8-7-17(3,11-19)16(21)22/h4-6,9,12H,7-8,10-11H2,1-3H3,(H,18,20)(H,21,22). The molecule has 1 aromatic rings. The first-order valence-corrected chi connectivity index (χ1v) is 7.66. The van der Waals surface area contributed by atoms with E-state index in [1.54, 1.807) is 6.92 Å². The van der Waals surface area contributed by atoms with Gasteiger partial charge in [0.2, 0.25) is 5.91 Å². The molecule has 5 heteroatoms. The highest BCUT2D eigenvalue weighted by Crippen LogP contribution is 2.29. The first-order valence-electron chi connectivity index (χ1n) is 7.66. The summed E-state index contributed by atoms with van der Waals surface area (Å²) in [4.78, 5) is 25.2. The van der Waals surface area contributed by atoms with Gasteiger partial charge in [-0.3, -0.25) is 14.5 Å². The van der Waals surface area contributed by atoms with Gasteiger partial charge in [-0.1, -0.05) is 26.0 Å². The maximum Gasteiger partial charge on any atom is 0.310 e. The van der Waals surface area contributed by atoms with Crippen molar-refractivity contribution in [1.82, 2.24) is 4.90 Å². The summed E-state index contributed by atoms with van der Waals surface area (Å²) in [5.41, 5.74) is 1.23. The van der Waals surface area contributed by atoms with E-state index in [4.69, 9.17) is 0 Å². The first-order chi connectivity index (χ1) is 10.3. The van der Waals surface area contributed by atoms with Crippen molar-refractivity contribution in [3.63, 3.8) is 0 Å². The molecule has 1 saturated heterocycles. The minimum Gasteiger partial charge on any atom is -0.481 e. The Balaban J connectivity index is 1.91. The Labute approximate surface area is 131 Å². The van der Waals surface area contributed by atoms with Gasteiger partial charge in [0.15, 0.2) is 0 Å². The molecule has 0 spiro atoms. The molecular weight excluding hydrogens is 280 g/mol. The number of hydrogen-bond acceptors (Lipinski definition) is 3. The van der Waals surface area contributed by atoms with Crippen LogP contribution in [0, 0.1) is 5.41 Å². The number of amides is 1. The third-order valence-electron chi connectivity index (χ3n) is 4.27. The van der Waals surface area contributed by atoms with Crippen LogP contribution in [0.3, 0.4) is 0 Å². The fourth-order valence-corrected chi connectivity index (χ4v) is 2.75. The van der Waals surface area contributed by atoms with Gasteiger partial charge in [0.1, 0.15) is 0 Å². The summed E-state index contributed by atoms with van der Waals surface area (Å²) < 4.78 is 0. The van der Waals surface area contributed by atoms with E-state index in [9.17, 15) is 14.7 Å². The van der Waals surface area contributed by atoms with E-state index in [1.807, 2.05) is 29.2 Å². The van der Waals surface area contributed by atoms with E-state index in [1.165, 1.54) is 5.56 Å². The molecule has 1 fully saturated rings. The number of carbonyl (C=O) groups excluding carboxylic acids is 1. The number of benzene rings is 1. The summed E-state index contributed by atoms with van der Waals surface area (Å²) in [6, 6.07) is 7.82. The lowest BCUT2D eigenvalue weighted by Crippen LogP contribution is -2.35. The number of nitrogens with one attached hydrogen (secondary N) is 1. The van der Waals surface area contributed by atoms with Crippen LogP contribution in [0.2, 0.25) is 0 Å². The average molecular weight is 304 g/mol. The van der Waals surface area contributed by atoms with Crippen molar-refractivity contribution in [2.75, 3.05) is 25.0 Å². The zero-order chi connectivity index (χ0) is 16.3. The molecule has 1 aromatic carbocycles. The summed E-state index contributed by atoms with van der Waals surface area (Å²) in [6.45, 7) is 7.24. The quantitative estimate of drug-likeness (QED) is 0.877. The second-order valence-corrected chi connectivity index (χ2v) is 6.65. The van der Waals surface area contributed by atoms with Crippen molar-refractivity contribution in [2.45, 2.75) is 33.1 Å². The molecule has 1 aliphatic heterocycles. The minimum absolute atomic E-state index is 0.101. The van der Waals surface area contributed by atoms with Gasteiger partial charge in [-0.05, 0) is 43.5 Å². The molecular formula is C17H24N2O3. The number of rotatable bonds is 5. The zero-order valence-corrected chi connectivity index (χ0v) is 13.4. The lowest BCUT2D eigenvalue weighted by atomic mass is 9.90.